The zero-order valence-corrected chi connectivity index (χ0v) is 41.7. The van der Waals surface area contributed by atoms with E-state index in [1.54, 1.807) is 0 Å². The van der Waals surface area contributed by atoms with Crippen molar-refractivity contribution in [1.29, 1.82) is 0 Å². The predicted octanol–water partition coefficient (Wildman–Crippen LogP) is 16.4. The van der Waals surface area contributed by atoms with Gasteiger partial charge in [-0.3, -0.25) is 9.59 Å². The Bertz CT molecular complexity index is 1130. The molecule has 0 aromatic heterocycles. The van der Waals surface area contributed by atoms with Crippen LogP contribution < -0.4 is 5.32 Å². The van der Waals surface area contributed by atoms with Gasteiger partial charge in [0.2, 0.25) is 5.91 Å². The second kappa shape index (κ2) is 50.6. The van der Waals surface area contributed by atoms with Crippen LogP contribution in [0, 0.1) is 0 Å². The van der Waals surface area contributed by atoms with E-state index in [0.717, 1.165) is 89.9 Å². The summed E-state index contributed by atoms with van der Waals surface area (Å²) < 4.78 is 5.92. The lowest BCUT2D eigenvalue weighted by atomic mass is 10.0. The number of aliphatic hydroxyl groups is 2. The third kappa shape index (κ3) is 45.9. The standard InChI is InChI=1S/C57H103NO5/c1-4-7-10-13-16-19-22-24-26-28-29-31-33-35-38-41-44-47-50-57(62)63-53(48-45-42-39-36-34-32-30-27-25-23-20-17-14-11-8-5-2)51-56(61)58-54(52-59)55(60)49-46-43-40-37-21-18-15-12-9-6-3/h22,24,26-32,34,53-55,59-60H,4-21,23,25,33,35-52H2,1-3H3,(H,58,61)/b24-22+,28-26+,30-27+,31-29+,34-32+. The number of aliphatic hydroxyl groups excluding tert-OH is 2. The quantitative estimate of drug-likeness (QED) is 0.0321. The molecule has 0 bridgehead atoms. The number of carbonyl (C=O) groups is 2. The van der Waals surface area contributed by atoms with Gasteiger partial charge in [-0.05, 0) is 77.0 Å². The minimum Gasteiger partial charge on any atom is -0.462 e. The number of amides is 1. The van der Waals surface area contributed by atoms with E-state index in [2.05, 4.69) is 86.8 Å². The summed E-state index contributed by atoms with van der Waals surface area (Å²) in [5.74, 6) is -0.520. The summed E-state index contributed by atoms with van der Waals surface area (Å²) in [5, 5.41) is 23.7. The lowest BCUT2D eigenvalue weighted by Gasteiger charge is -2.24. The Balaban J connectivity index is 4.66. The van der Waals surface area contributed by atoms with E-state index in [4.69, 9.17) is 4.74 Å². The first kappa shape index (κ1) is 60.6. The van der Waals surface area contributed by atoms with E-state index in [1.165, 1.54) is 128 Å². The van der Waals surface area contributed by atoms with Crippen LogP contribution in [0.3, 0.4) is 0 Å². The third-order valence-corrected chi connectivity index (χ3v) is 12.2. The van der Waals surface area contributed by atoms with E-state index < -0.39 is 18.2 Å². The van der Waals surface area contributed by atoms with Gasteiger partial charge in [-0.25, -0.2) is 0 Å². The molecule has 6 nitrogen and oxygen atoms in total. The summed E-state index contributed by atoms with van der Waals surface area (Å²) in [7, 11) is 0. The van der Waals surface area contributed by atoms with Gasteiger partial charge in [-0.15, -0.1) is 0 Å². The minimum absolute atomic E-state index is 0.0504. The summed E-state index contributed by atoms with van der Waals surface area (Å²) in [5.41, 5.74) is 0. The summed E-state index contributed by atoms with van der Waals surface area (Å²) in [6.07, 6.45) is 62.8. The lowest BCUT2D eigenvalue weighted by molar-refractivity contribution is -0.151. The molecule has 0 radical (unpaired) electrons. The number of unbranched alkanes of at least 4 members (excludes halogenated alkanes) is 29. The maximum absolute atomic E-state index is 13.2. The van der Waals surface area contributed by atoms with Crippen molar-refractivity contribution in [2.24, 2.45) is 0 Å². The second-order valence-corrected chi connectivity index (χ2v) is 18.4. The molecule has 0 rings (SSSR count). The molecule has 3 atom stereocenters. The van der Waals surface area contributed by atoms with Gasteiger partial charge in [0.25, 0.3) is 0 Å². The van der Waals surface area contributed by atoms with Crippen LogP contribution in [0.25, 0.3) is 0 Å². The fourth-order valence-electron chi connectivity index (χ4n) is 8.01. The van der Waals surface area contributed by atoms with Crippen LogP contribution in [-0.2, 0) is 14.3 Å². The minimum atomic E-state index is -0.799. The fourth-order valence-corrected chi connectivity index (χ4v) is 8.01. The SMILES string of the molecule is CCCCCCC/C=C/C=C/C=C/CCCCCCCC(=O)OC(CCCCC/C=C/C=C/CCCCCCCCC)CC(=O)NC(CO)C(O)CCCCCCCCCCCC. The number of esters is 1. The van der Waals surface area contributed by atoms with E-state index >= 15 is 0 Å². The molecular weight excluding hydrogens is 779 g/mol. The van der Waals surface area contributed by atoms with Crippen molar-refractivity contribution in [1.82, 2.24) is 5.32 Å². The van der Waals surface area contributed by atoms with Crippen molar-refractivity contribution in [2.45, 2.75) is 283 Å². The van der Waals surface area contributed by atoms with Gasteiger partial charge in [0.15, 0.2) is 0 Å². The van der Waals surface area contributed by atoms with Gasteiger partial charge in [-0.2, -0.15) is 0 Å². The van der Waals surface area contributed by atoms with E-state index in [-0.39, 0.29) is 24.9 Å². The fraction of sp³-hybridized carbons (Fsp3) is 0.789. The van der Waals surface area contributed by atoms with Gasteiger partial charge >= 0.3 is 5.97 Å². The number of allylic oxidation sites excluding steroid dienone is 10. The lowest BCUT2D eigenvalue weighted by Crippen LogP contribution is -2.46. The van der Waals surface area contributed by atoms with Crippen molar-refractivity contribution in [2.75, 3.05) is 6.61 Å². The second-order valence-electron chi connectivity index (χ2n) is 18.4. The monoisotopic (exact) mass is 882 g/mol. The molecule has 0 saturated carbocycles. The molecule has 0 spiro atoms. The highest BCUT2D eigenvalue weighted by atomic mass is 16.5. The molecule has 1 amide bonds. The Kier molecular flexibility index (Phi) is 48.6. The van der Waals surface area contributed by atoms with Gasteiger partial charge in [-0.1, -0.05) is 236 Å². The van der Waals surface area contributed by atoms with Crippen molar-refractivity contribution < 1.29 is 24.5 Å². The van der Waals surface area contributed by atoms with Crippen molar-refractivity contribution in [3.63, 3.8) is 0 Å². The molecule has 0 fully saturated rings. The highest BCUT2D eigenvalue weighted by molar-refractivity contribution is 5.77. The largest absolute Gasteiger partial charge is 0.462 e. The van der Waals surface area contributed by atoms with Crippen molar-refractivity contribution in [3.8, 4) is 0 Å². The molecule has 0 saturated heterocycles. The molecule has 6 heteroatoms. The first-order valence-electron chi connectivity index (χ1n) is 27.1. The van der Waals surface area contributed by atoms with Crippen LogP contribution in [0.15, 0.2) is 60.8 Å². The van der Waals surface area contributed by atoms with Crippen LogP contribution >= 0.6 is 0 Å². The summed E-state index contributed by atoms with van der Waals surface area (Å²) in [6, 6.07) is -0.715. The summed E-state index contributed by atoms with van der Waals surface area (Å²) >= 11 is 0. The van der Waals surface area contributed by atoms with Crippen LogP contribution in [0.5, 0.6) is 0 Å². The highest BCUT2D eigenvalue weighted by Gasteiger charge is 2.24. The van der Waals surface area contributed by atoms with E-state index in [1.807, 2.05) is 0 Å². The number of hydrogen-bond donors (Lipinski definition) is 3. The van der Waals surface area contributed by atoms with Gasteiger partial charge in [0.1, 0.15) is 6.10 Å². The van der Waals surface area contributed by atoms with Crippen LogP contribution in [0.2, 0.25) is 0 Å². The average Bonchev–Trinajstić information content (AvgIpc) is 3.28. The number of hydrogen-bond acceptors (Lipinski definition) is 5. The van der Waals surface area contributed by atoms with Crippen molar-refractivity contribution in [3.05, 3.63) is 60.8 Å². The number of ether oxygens (including phenoxy) is 1. The molecule has 3 N–H and O–H groups in total. The molecule has 366 valence electrons. The molecule has 63 heavy (non-hydrogen) atoms. The zero-order valence-electron chi connectivity index (χ0n) is 41.7. The highest BCUT2D eigenvalue weighted by Crippen LogP contribution is 2.17. The van der Waals surface area contributed by atoms with E-state index in [0.29, 0.717) is 19.3 Å². The molecule has 0 aromatic rings. The zero-order chi connectivity index (χ0) is 45.9. The third-order valence-electron chi connectivity index (χ3n) is 12.2. The number of carbonyl (C=O) groups excluding carboxylic acids is 2. The first-order chi connectivity index (χ1) is 31.0. The first-order valence-corrected chi connectivity index (χ1v) is 27.1. The van der Waals surface area contributed by atoms with Crippen LogP contribution in [0.1, 0.15) is 265 Å². The van der Waals surface area contributed by atoms with Crippen LogP contribution in [0.4, 0.5) is 0 Å². The Labute approximate surface area is 390 Å². The molecule has 0 heterocycles. The van der Waals surface area contributed by atoms with E-state index in [9.17, 15) is 19.8 Å². The smallest absolute Gasteiger partial charge is 0.306 e. The van der Waals surface area contributed by atoms with Gasteiger partial charge in [0.05, 0.1) is 25.2 Å². The van der Waals surface area contributed by atoms with Gasteiger partial charge < -0.3 is 20.3 Å². The average molecular weight is 882 g/mol. The molecule has 0 aliphatic heterocycles. The summed E-state index contributed by atoms with van der Waals surface area (Å²) in [4.78, 5) is 26.2. The van der Waals surface area contributed by atoms with Crippen LogP contribution in [-0.4, -0.2) is 46.9 Å². The predicted molar refractivity (Wildman–Crippen MR) is 273 cm³/mol. The Hall–Kier alpha value is -2.44. The summed E-state index contributed by atoms with van der Waals surface area (Å²) in [6.45, 7) is 6.45. The molecule has 3 unspecified atom stereocenters. The number of rotatable bonds is 48. The molecule has 0 aliphatic rings. The number of nitrogens with one attached hydrogen (secondary N) is 1. The Morgan fingerprint density at radius 1 is 0.460 bits per heavy atom. The maximum Gasteiger partial charge on any atom is 0.306 e. The maximum atomic E-state index is 13.2. The normalized spacial score (nSPS) is 13.7. The van der Waals surface area contributed by atoms with Crippen molar-refractivity contribution >= 4 is 11.9 Å². The van der Waals surface area contributed by atoms with Gasteiger partial charge in [0, 0.05) is 6.42 Å². The topological polar surface area (TPSA) is 95.9 Å². The molecular formula is C57H103NO5. The Morgan fingerprint density at radius 2 is 0.810 bits per heavy atom. The molecule has 0 aliphatic carbocycles. The molecule has 0 aromatic carbocycles. The Morgan fingerprint density at radius 3 is 1.24 bits per heavy atom.